The Labute approximate surface area is 222 Å². The standard InChI is InChI=1S/C29H46ClFN2O3/c1-32-20-23(18-22-10-4-3-5-11-22)19-27(34)33-16-9-12-24(21-33)29(35,15-6-7-17-36-2)25-13-8-14-26(31)28(25)30/h8,13-14,22-24,32,35H,3-7,9-12,15-21H2,1-2H3/t23-,24-,29+/m1/s1. The van der Waals surface area contributed by atoms with Gasteiger partial charge in [-0.1, -0.05) is 55.8 Å². The summed E-state index contributed by atoms with van der Waals surface area (Å²) in [6.07, 6.45) is 11.7. The van der Waals surface area contributed by atoms with Crippen LogP contribution in [0.15, 0.2) is 18.2 Å². The van der Waals surface area contributed by atoms with Gasteiger partial charge in [0.1, 0.15) is 5.82 Å². The quantitative estimate of drug-likeness (QED) is 0.314. The van der Waals surface area contributed by atoms with Gasteiger partial charge < -0.3 is 20.1 Å². The van der Waals surface area contributed by atoms with Gasteiger partial charge in [-0.05, 0) is 70.0 Å². The third kappa shape index (κ3) is 7.89. The molecule has 1 aliphatic heterocycles. The number of hydrogen-bond acceptors (Lipinski definition) is 4. The highest BCUT2D eigenvalue weighted by atomic mass is 35.5. The smallest absolute Gasteiger partial charge is 0.222 e. The SMILES string of the molecule is CNC[C@@H](CC(=O)N1CCC[C@@H]([C@@](O)(CCCCOC)c2cccc(F)c2Cl)C1)CC1CCCCC1. The summed E-state index contributed by atoms with van der Waals surface area (Å²) in [6.45, 7) is 2.64. The number of unbranched alkanes of at least 4 members (excludes halogenated alkanes) is 1. The number of rotatable bonds is 13. The van der Waals surface area contributed by atoms with Gasteiger partial charge in [0.2, 0.25) is 5.91 Å². The summed E-state index contributed by atoms with van der Waals surface area (Å²) in [5.74, 6) is 0.509. The van der Waals surface area contributed by atoms with Crippen LogP contribution in [0, 0.1) is 23.6 Å². The van der Waals surface area contributed by atoms with Crippen molar-refractivity contribution in [3.63, 3.8) is 0 Å². The van der Waals surface area contributed by atoms with Crippen LogP contribution in [-0.4, -0.2) is 56.3 Å². The number of nitrogens with one attached hydrogen (secondary N) is 1. The first-order valence-electron chi connectivity index (χ1n) is 14.0. The van der Waals surface area contributed by atoms with Crippen molar-refractivity contribution in [2.45, 2.75) is 82.7 Å². The van der Waals surface area contributed by atoms with Gasteiger partial charge in [0.05, 0.1) is 10.6 Å². The molecule has 0 aromatic heterocycles. The van der Waals surface area contributed by atoms with Gasteiger partial charge >= 0.3 is 0 Å². The zero-order valence-corrected chi connectivity index (χ0v) is 23.0. The van der Waals surface area contributed by atoms with Crippen molar-refractivity contribution in [2.24, 2.45) is 17.8 Å². The lowest BCUT2D eigenvalue weighted by atomic mass is 9.74. The topological polar surface area (TPSA) is 61.8 Å². The molecule has 0 bridgehead atoms. The Balaban J connectivity index is 1.72. The maximum Gasteiger partial charge on any atom is 0.222 e. The van der Waals surface area contributed by atoms with E-state index >= 15 is 0 Å². The van der Waals surface area contributed by atoms with Gasteiger partial charge in [0, 0.05) is 44.7 Å². The number of piperidine rings is 1. The minimum Gasteiger partial charge on any atom is -0.385 e. The average Bonchev–Trinajstić information content (AvgIpc) is 2.89. The van der Waals surface area contributed by atoms with Gasteiger partial charge in [-0.25, -0.2) is 4.39 Å². The number of likely N-dealkylation sites (tertiary alicyclic amines) is 1. The average molecular weight is 525 g/mol. The van der Waals surface area contributed by atoms with Crippen LogP contribution in [0.1, 0.15) is 82.6 Å². The maximum absolute atomic E-state index is 14.4. The molecule has 1 amide bonds. The highest BCUT2D eigenvalue weighted by Crippen LogP contribution is 2.43. The van der Waals surface area contributed by atoms with Crippen molar-refractivity contribution in [3.8, 4) is 0 Å². The molecule has 1 aliphatic carbocycles. The van der Waals surface area contributed by atoms with Crippen LogP contribution in [-0.2, 0) is 15.1 Å². The van der Waals surface area contributed by atoms with Gasteiger partial charge in [0.25, 0.3) is 0 Å². The second-order valence-corrected chi connectivity index (χ2v) is 11.4. The Kier molecular flexibility index (Phi) is 11.9. The lowest BCUT2D eigenvalue weighted by molar-refractivity contribution is -0.138. The summed E-state index contributed by atoms with van der Waals surface area (Å²) < 4.78 is 19.6. The molecule has 2 fully saturated rings. The lowest BCUT2D eigenvalue weighted by Gasteiger charge is -2.43. The van der Waals surface area contributed by atoms with Crippen molar-refractivity contribution in [1.29, 1.82) is 0 Å². The number of benzene rings is 1. The molecule has 7 heteroatoms. The number of ether oxygens (including phenoxy) is 1. The molecule has 2 aliphatic rings. The molecule has 1 saturated heterocycles. The molecular formula is C29H46ClFN2O3. The van der Waals surface area contributed by atoms with E-state index in [0.29, 0.717) is 44.0 Å². The van der Waals surface area contributed by atoms with Crippen LogP contribution in [0.3, 0.4) is 0 Å². The first-order chi connectivity index (χ1) is 17.4. The first kappa shape index (κ1) is 29.3. The zero-order valence-electron chi connectivity index (χ0n) is 22.2. The molecule has 3 rings (SSSR count). The predicted octanol–water partition coefficient (Wildman–Crippen LogP) is 5.92. The second-order valence-electron chi connectivity index (χ2n) is 11.0. The Bertz CT molecular complexity index is 820. The highest BCUT2D eigenvalue weighted by Gasteiger charge is 2.42. The third-order valence-corrected chi connectivity index (χ3v) is 8.76. The van der Waals surface area contributed by atoms with E-state index in [2.05, 4.69) is 5.32 Å². The van der Waals surface area contributed by atoms with Crippen molar-refractivity contribution in [2.75, 3.05) is 40.4 Å². The number of nitrogens with zero attached hydrogens (tertiary/aromatic N) is 1. The number of carbonyl (C=O) groups excluding carboxylic acids is 1. The minimum absolute atomic E-state index is 0.0169. The van der Waals surface area contributed by atoms with E-state index in [1.165, 1.54) is 38.2 Å². The summed E-state index contributed by atoms with van der Waals surface area (Å²) in [7, 11) is 3.62. The van der Waals surface area contributed by atoms with E-state index in [-0.39, 0.29) is 16.8 Å². The van der Waals surface area contributed by atoms with Crippen molar-refractivity contribution < 1.29 is 19.0 Å². The summed E-state index contributed by atoms with van der Waals surface area (Å²) in [6, 6.07) is 4.66. The van der Waals surface area contributed by atoms with E-state index < -0.39 is 11.4 Å². The monoisotopic (exact) mass is 524 g/mol. The summed E-state index contributed by atoms with van der Waals surface area (Å²) in [5, 5.41) is 15.3. The number of hydrogen-bond donors (Lipinski definition) is 2. The molecule has 1 heterocycles. The van der Waals surface area contributed by atoms with Gasteiger partial charge in [-0.3, -0.25) is 4.79 Å². The molecule has 1 saturated carbocycles. The molecule has 0 spiro atoms. The van der Waals surface area contributed by atoms with Crippen molar-refractivity contribution >= 4 is 17.5 Å². The molecule has 0 unspecified atom stereocenters. The Hall–Kier alpha value is -1.21. The van der Waals surface area contributed by atoms with Crippen LogP contribution < -0.4 is 5.32 Å². The molecule has 1 aromatic carbocycles. The van der Waals surface area contributed by atoms with E-state index in [4.69, 9.17) is 16.3 Å². The van der Waals surface area contributed by atoms with Crippen LogP contribution >= 0.6 is 11.6 Å². The second kappa shape index (κ2) is 14.7. The minimum atomic E-state index is -1.29. The number of carbonyl (C=O) groups is 1. The Morgan fingerprint density at radius 1 is 1.25 bits per heavy atom. The molecule has 5 nitrogen and oxygen atoms in total. The van der Waals surface area contributed by atoms with Crippen LogP contribution in [0.25, 0.3) is 0 Å². The van der Waals surface area contributed by atoms with Crippen LogP contribution in [0.2, 0.25) is 5.02 Å². The largest absolute Gasteiger partial charge is 0.385 e. The van der Waals surface area contributed by atoms with Crippen LogP contribution in [0.5, 0.6) is 0 Å². The molecule has 204 valence electrons. The highest BCUT2D eigenvalue weighted by molar-refractivity contribution is 6.31. The molecule has 2 N–H and O–H groups in total. The number of halogens is 2. The number of aliphatic hydroxyl groups is 1. The summed E-state index contributed by atoms with van der Waals surface area (Å²) >= 11 is 6.38. The fourth-order valence-corrected chi connectivity index (χ4v) is 6.72. The number of methoxy groups -OCH3 is 1. The molecule has 1 aromatic rings. The molecular weight excluding hydrogens is 479 g/mol. The summed E-state index contributed by atoms with van der Waals surface area (Å²) in [4.78, 5) is 15.4. The van der Waals surface area contributed by atoms with Gasteiger partial charge in [0.15, 0.2) is 0 Å². The number of amides is 1. The maximum atomic E-state index is 14.4. The lowest BCUT2D eigenvalue weighted by Crippen LogP contribution is -2.48. The normalized spacial score (nSPS) is 21.8. The van der Waals surface area contributed by atoms with E-state index in [1.807, 2.05) is 11.9 Å². The fourth-order valence-electron chi connectivity index (χ4n) is 6.43. The van der Waals surface area contributed by atoms with Crippen molar-refractivity contribution in [3.05, 3.63) is 34.6 Å². The molecule has 3 atom stereocenters. The molecule has 36 heavy (non-hydrogen) atoms. The summed E-state index contributed by atoms with van der Waals surface area (Å²) in [5.41, 5.74) is -0.857. The third-order valence-electron chi connectivity index (χ3n) is 8.37. The van der Waals surface area contributed by atoms with E-state index in [1.54, 1.807) is 19.2 Å². The zero-order chi connectivity index (χ0) is 26.0. The van der Waals surface area contributed by atoms with Crippen LogP contribution in [0.4, 0.5) is 4.39 Å². The predicted molar refractivity (Wildman–Crippen MR) is 144 cm³/mol. The van der Waals surface area contributed by atoms with Crippen molar-refractivity contribution in [1.82, 2.24) is 10.2 Å². The molecule has 0 radical (unpaired) electrons. The first-order valence-corrected chi connectivity index (χ1v) is 14.3. The Morgan fingerprint density at radius 3 is 2.75 bits per heavy atom. The van der Waals surface area contributed by atoms with Gasteiger partial charge in [-0.2, -0.15) is 0 Å². The Morgan fingerprint density at radius 2 is 2.03 bits per heavy atom. The van der Waals surface area contributed by atoms with E-state index in [9.17, 15) is 14.3 Å². The van der Waals surface area contributed by atoms with Gasteiger partial charge in [-0.15, -0.1) is 0 Å². The van der Waals surface area contributed by atoms with E-state index in [0.717, 1.165) is 44.6 Å². The fraction of sp³-hybridized carbons (Fsp3) is 0.759.